The van der Waals surface area contributed by atoms with Gasteiger partial charge in [0, 0.05) is 11.8 Å². The first kappa shape index (κ1) is 17.5. The Labute approximate surface area is 154 Å². The summed E-state index contributed by atoms with van der Waals surface area (Å²) in [6.07, 6.45) is 2.06. The van der Waals surface area contributed by atoms with Gasteiger partial charge in [-0.25, -0.2) is 4.39 Å². The van der Waals surface area contributed by atoms with Crippen LogP contribution in [0, 0.1) is 34.5 Å². The number of alkyl halides is 1. The maximum absolute atomic E-state index is 14.4. The Bertz CT molecular complexity index is 725. The lowest BCUT2D eigenvalue weighted by Crippen LogP contribution is -2.54. The van der Waals surface area contributed by atoms with Crippen molar-refractivity contribution >= 4 is 24.2 Å². The lowest BCUT2D eigenvalue weighted by atomic mass is 9.44. The van der Waals surface area contributed by atoms with E-state index in [0.717, 1.165) is 30.4 Å². The molecule has 0 amide bonds. The van der Waals surface area contributed by atoms with E-state index < -0.39 is 11.6 Å². The number of rotatable bonds is 0. The number of carbonyl (C=O) groups excluding carboxylic acids is 2. The molecular weight excluding hydrogens is 335 g/mol. The summed E-state index contributed by atoms with van der Waals surface area (Å²) in [5.74, 6) is 0.800. The number of thiol groups is 1. The summed E-state index contributed by atoms with van der Waals surface area (Å²) >= 11 is 4.56. The number of allylic oxidation sites excluding steroid dienone is 2. The SMILES string of the molecule is C=C1C2=C(S)C(=O)CC[C@]2(C)[C@H]2CC[C@]3(C)C(=O)[C@@H](F)C[C@H]3[C@@H]2[C@@H]1C. The molecule has 2 nitrogen and oxygen atoms in total. The monoisotopic (exact) mass is 362 g/mol. The van der Waals surface area contributed by atoms with Crippen LogP contribution in [-0.2, 0) is 9.59 Å². The van der Waals surface area contributed by atoms with Crippen molar-refractivity contribution in [1.82, 2.24) is 0 Å². The number of carbonyl (C=O) groups is 2. The smallest absolute Gasteiger partial charge is 0.173 e. The van der Waals surface area contributed by atoms with Crippen LogP contribution >= 0.6 is 12.6 Å². The number of hydrogen-bond acceptors (Lipinski definition) is 3. The molecule has 0 spiro atoms. The minimum absolute atomic E-state index is 0.0832. The highest BCUT2D eigenvalue weighted by atomic mass is 32.1. The average Bonchev–Trinajstić information content (AvgIpc) is 2.80. The van der Waals surface area contributed by atoms with Crippen molar-refractivity contribution in [3.63, 3.8) is 0 Å². The Kier molecular flexibility index (Phi) is 3.72. The van der Waals surface area contributed by atoms with Crippen molar-refractivity contribution in [3.05, 3.63) is 22.6 Å². The number of halogens is 1. The Morgan fingerprint density at radius 2 is 1.84 bits per heavy atom. The second kappa shape index (κ2) is 5.31. The third-order valence-electron chi connectivity index (χ3n) is 8.24. The zero-order valence-corrected chi connectivity index (χ0v) is 16.2. The largest absolute Gasteiger partial charge is 0.296 e. The minimum Gasteiger partial charge on any atom is -0.296 e. The fourth-order valence-corrected chi connectivity index (χ4v) is 7.28. The Hall–Kier alpha value is -0.900. The van der Waals surface area contributed by atoms with Crippen molar-refractivity contribution in [2.24, 2.45) is 34.5 Å². The Morgan fingerprint density at radius 1 is 1.16 bits per heavy atom. The zero-order chi connectivity index (χ0) is 18.3. The third-order valence-corrected chi connectivity index (χ3v) is 8.71. The van der Waals surface area contributed by atoms with Crippen molar-refractivity contribution in [3.8, 4) is 0 Å². The van der Waals surface area contributed by atoms with Crippen LogP contribution in [-0.4, -0.2) is 17.7 Å². The van der Waals surface area contributed by atoms with Gasteiger partial charge in [-0.05, 0) is 65.9 Å². The molecule has 0 aromatic heterocycles. The predicted molar refractivity (Wildman–Crippen MR) is 99.0 cm³/mol. The molecule has 0 bridgehead atoms. The number of fused-ring (bicyclic) bond motifs is 5. The van der Waals surface area contributed by atoms with E-state index in [-0.39, 0.29) is 34.7 Å². The van der Waals surface area contributed by atoms with Crippen LogP contribution in [0.2, 0.25) is 0 Å². The van der Waals surface area contributed by atoms with Gasteiger partial charge in [-0.2, -0.15) is 0 Å². The molecule has 3 saturated carbocycles. The first-order valence-corrected chi connectivity index (χ1v) is 9.92. The van der Waals surface area contributed by atoms with E-state index >= 15 is 0 Å². The lowest BCUT2D eigenvalue weighted by molar-refractivity contribution is -0.135. The van der Waals surface area contributed by atoms with E-state index in [1.165, 1.54) is 0 Å². The van der Waals surface area contributed by atoms with Crippen LogP contribution in [0.25, 0.3) is 0 Å². The highest BCUT2D eigenvalue weighted by Crippen LogP contribution is 2.67. The lowest BCUT2D eigenvalue weighted by Gasteiger charge is -2.59. The first-order valence-electron chi connectivity index (χ1n) is 9.47. The highest BCUT2D eigenvalue weighted by Gasteiger charge is 2.64. The summed E-state index contributed by atoms with van der Waals surface area (Å²) in [5, 5.41) is 0. The van der Waals surface area contributed by atoms with E-state index in [1.807, 2.05) is 6.92 Å². The summed E-state index contributed by atoms with van der Waals surface area (Å²) in [7, 11) is 0. The second-order valence-electron chi connectivity index (χ2n) is 9.19. The molecule has 7 atom stereocenters. The van der Waals surface area contributed by atoms with Crippen molar-refractivity contribution in [2.75, 3.05) is 0 Å². The van der Waals surface area contributed by atoms with Gasteiger partial charge in [-0.15, -0.1) is 12.6 Å². The van der Waals surface area contributed by atoms with Gasteiger partial charge < -0.3 is 0 Å². The maximum atomic E-state index is 14.4. The van der Waals surface area contributed by atoms with Crippen LogP contribution in [0.3, 0.4) is 0 Å². The molecule has 0 heterocycles. The van der Waals surface area contributed by atoms with Gasteiger partial charge in [0.1, 0.15) is 0 Å². The molecule has 4 aliphatic carbocycles. The summed E-state index contributed by atoms with van der Waals surface area (Å²) in [6, 6.07) is 0. The van der Waals surface area contributed by atoms with E-state index in [2.05, 4.69) is 33.1 Å². The topological polar surface area (TPSA) is 34.1 Å². The van der Waals surface area contributed by atoms with E-state index in [4.69, 9.17) is 0 Å². The van der Waals surface area contributed by atoms with Crippen LogP contribution in [0.1, 0.15) is 52.9 Å². The molecule has 0 saturated heterocycles. The van der Waals surface area contributed by atoms with Gasteiger partial charge >= 0.3 is 0 Å². The van der Waals surface area contributed by atoms with Gasteiger partial charge in [-0.3, -0.25) is 9.59 Å². The fraction of sp³-hybridized carbons (Fsp3) is 0.714. The molecule has 0 radical (unpaired) electrons. The van der Waals surface area contributed by atoms with Gasteiger partial charge in [0.25, 0.3) is 0 Å². The fourth-order valence-electron chi connectivity index (χ4n) is 6.77. The van der Waals surface area contributed by atoms with E-state index in [1.54, 1.807) is 0 Å². The van der Waals surface area contributed by atoms with Gasteiger partial charge in [0.05, 0.1) is 4.91 Å². The molecule has 4 rings (SSSR count). The van der Waals surface area contributed by atoms with Crippen LogP contribution in [0.4, 0.5) is 4.39 Å². The van der Waals surface area contributed by atoms with E-state index in [9.17, 15) is 14.0 Å². The molecule has 136 valence electrons. The van der Waals surface area contributed by atoms with Gasteiger partial charge in [0.15, 0.2) is 17.7 Å². The zero-order valence-electron chi connectivity index (χ0n) is 15.3. The van der Waals surface area contributed by atoms with Gasteiger partial charge in [-0.1, -0.05) is 27.4 Å². The molecule has 0 aliphatic heterocycles. The average molecular weight is 363 g/mol. The molecule has 0 aromatic rings. The number of Topliss-reactive ketones (excluding diaryl/α,β-unsaturated/α-hetero) is 2. The van der Waals surface area contributed by atoms with E-state index in [0.29, 0.717) is 23.7 Å². The molecule has 25 heavy (non-hydrogen) atoms. The molecular formula is C21H27FO2S. The van der Waals surface area contributed by atoms with Crippen molar-refractivity contribution < 1.29 is 14.0 Å². The number of hydrogen-bond donors (Lipinski definition) is 1. The summed E-state index contributed by atoms with van der Waals surface area (Å²) in [6.45, 7) is 10.7. The van der Waals surface area contributed by atoms with Crippen LogP contribution in [0.5, 0.6) is 0 Å². The molecule has 4 heteroatoms. The normalized spacial score (nSPS) is 49.8. The van der Waals surface area contributed by atoms with Crippen LogP contribution < -0.4 is 0 Å². The van der Waals surface area contributed by atoms with Gasteiger partial charge in [0.2, 0.25) is 0 Å². The molecule has 0 N–H and O–H groups in total. The van der Waals surface area contributed by atoms with Crippen LogP contribution in [0.15, 0.2) is 22.6 Å². The maximum Gasteiger partial charge on any atom is 0.173 e. The Morgan fingerprint density at radius 3 is 2.52 bits per heavy atom. The minimum atomic E-state index is -1.31. The first-order chi connectivity index (χ1) is 11.6. The second-order valence-corrected chi connectivity index (χ2v) is 9.64. The highest BCUT2D eigenvalue weighted by molar-refractivity contribution is 7.85. The summed E-state index contributed by atoms with van der Waals surface area (Å²) in [5.41, 5.74) is 1.38. The number of ketones is 2. The summed E-state index contributed by atoms with van der Waals surface area (Å²) in [4.78, 5) is 25.4. The molecule has 0 aromatic carbocycles. The quantitative estimate of drug-likeness (QED) is 0.634. The van der Waals surface area contributed by atoms with Crippen molar-refractivity contribution in [2.45, 2.75) is 59.0 Å². The van der Waals surface area contributed by atoms with Crippen molar-refractivity contribution in [1.29, 1.82) is 0 Å². The molecule has 0 unspecified atom stereocenters. The molecule has 3 fully saturated rings. The third kappa shape index (κ3) is 2.03. The Balaban J connectivity index is 1.84. The molecule has 4 aliphatic rings. The predicted octanol–water partition coefficient (Wildman–Crippen LogP) is 4.71. The standard InChI is InChI=1S/C21H27FO2S/c1-10-11(2)17-18(25)15(23)6-8-20(17,3)12-5-7-21(4)13(16(10)12)9-14(22)19(21)24/h10,12-14,16,25H,2,5-9H2,1,3-4H3/t10-,12+,13+,14+,16-,20-,21+/m1/s1. The summed E-state index contributed by atoms with van der Waals surface area (Å²) < 4.78 is 14.4.